The minimum absolute atomic E-state index is 0.0537. The number of rotatable bonds is 17. The summed E-state index contributed by atoms with van der Waals surface area (Å²) in [6.45, 7) is 6.66. The molecule has 0 aromatic heterocycles. The summed E-state index contributed by atoms with van der Waals surface area (Å²) >= 11 is 0. The Labute approximate surface area is 196 Å². The molecular weight excluding hydrogens is 422 g/mol. The molecule has 0 saturated carbocycles. The maximum atomic E-state index is 12.7. The van der Waals surface area contributed by atoms with Crippen LogP contribution < -0.4 is 5.32 Å². The lowest BCUT2D eigenvalue weighted by Crippen LogP contribution is -2.43. The normalized spacial score (nSPS) is 13.1. The van der Waals surface area contributed by atoms with Crippen LogP contribution in [0.25, 0.3) is 0 Å². The van der Waals surface area contributed by atoms with Crippen LogP contribution in [0.4, 0.5) is 4.79 Å². The van der Waals surface area contributed by atoms with Crippen molar-refractivity contribution in [1.82, 2.24) is 29.8 Å². The highest BCUT2D eigenvalue weighted by molar-refractivity contribution is 5.76. The van der Waals surface area contributed by atoms with E-state index in [1.807, 2.05) is 28.0 Å². The molecule has 12 nitrogen and oxygen atoms in total. The summed E-state index contributed by atoms with van der Waals surface area (Å²) in [5, 5.41) is 47.4. The second kappa shape index (κ2) is 17.2. The molecule has 0 spiro atoms. The number of amides is 2. The number of nitrogens with one attached hydrogen (secondary N) is 1. The molecular formula is C21H31N11O. The summed E-state index contributed by atoms with van der Waals surface area (Å²) in [5.41, 5.74) is 0. The third-order valence-corrected chi connectivity index (χ3v) is 5.27. The molecule has 0 radical (unpaired) electrons. The van der Waals surface area contributed by atoms with Crippen LogP contribution in [0, 0.1) is 56.7 Å². The van der Waals surface area contributed by atoms with Crippen molar-refractivity contribution in [3.63, 3.8) is 0 Å². The second-order valence-electron chi connectivity index (χ2n) is 7.49. The van der Waals surface area contributed by atoms with Gasteiger partial charge < -0.3 is 15.1 Å². The van der Waals surface area contributed by atoms with Crippen molar-refractivity contribution < 1.29 is 4.79 Å². The van der Waals surface area contributed by atoms with E-state index in [4.69, 9.17) is 26.3 Å². The zero-order chi connectivity index (χ0) is 24.3. The SMILES string of the molecule is N#CCNCCN(CC#N)CCN1CCN(CCN(CC#N)CCN(CC#N)CC#N)C1=O. The molecule has 1 heterocycles. The predicted molar refractivity (Wildman–Crippen MR) is 119 cm³/mol. The van der Waals surface area contributed by atoms with Crippen LogP contribution in [0.1, 0.15) is 0 Å². The van der Waals surface area contributed by atoms with E-state index >= 15 is 0 Å². The highest BCUT2D eigenvalue weighted by Gasteiger charge is 2.28. The molecule has 1 aliphatic rings. The molecule has 1 rings (SSSR count). The number of hydrogen-bond donors (Lipinski definition) is 1. The van der Waals surface area contributed by atoms with E-state index in [1.165, 1.54) is 0 Å². The van der Waals surface area contributed by atoms with Gasteiger partial charge in [-0.2, -0.15) is 26.3 Å². The lowest BCUT2D eigenvalue weighted by Gasteiger charge is -2.26. The molecule has 1 N–H and O–H groups in total. The van der Waals surface area contributed by atoms with Crippen LogP contribution >= 0.6 is 0 Å². The van der Waals surface area contributed by atoms with Crippen LogP contribution in [0.3, 0.4) is 0 Å². The summed E-state index contributed by atoms with van der Waals surface area (Å²) in [6, 6.07) is 10.3. The minimum atomic E-state index is -0.0537. The summed E-state index contributed by atoms with van der Waals surface area (Å²) in [7, 11) is 0. The topological polar surface area (TPSA) is 164 Å². The molecule has 33 heavy (non-hydrogen) atoms. The summed E-state index contributed by atoms with van der Waals surface area (Å²) in [6.07, 6.45) is 0. The molecule has 0 bridgehead atoms. The molecule has 0 unspecified atom stereocenters. The zero-order valence-corrected chi connectivity index (χ0v) is 19.0. The third kappa shape index (κ3) is 11.1. The average Bonchev–Trinajstić information content (AvgIpc) is 3.16. The van der Waals surface area contributed by atoms with Gasteiger partial charge in [0.25, 0.3) is 0 Å². The van der Waals surface area contributed by atoms with Gasteiger partial charge in [0.2, 0.25) is 0 Å². The van der Waals surface area contributed by atoms with Gasteiger partial charge in [-0.05, 0) is 0 Å². The molecule has 0 aromatic carbocycles. The van der Waals surface area contributed by atoms with Crippen molar-refractivity contribution in [2.45, 2.75) is 0 Å². The molecule has 1 saturated heterocycles. The largest absolute Gasteiger partial charge is 0.322 e. The molecule has 12 heteroatoms. The van der Waals surface area contributed by atoms with Crippen molar-refractivity contribution in [3.8, 4) is 30.3 Å². The fourth-order valence-electron chi connectivity index (χ4n) is 3.39. The summed E-state index contributed by atoms with van der Waals surface area (Å²) < 4.78 is 0. The van der Waals surface area contributed by atoms with Crippen LogP contribution in [0.15, 0.2) is 0 Å². The Balaban J connectivity index is 2.46. The van der Waals surface area contributed by atoms with E-state index in [1.54, 1.807) is 14.7 Å². The van der Waals surface area contributed by atoms with Gasteiger partial charge in [0, 0.05) is 65.4 Å². The molecule has 0 aromatic rings. The molecule has 176 valence electrons. The Morgan fingerprint density at radius 2 is 1.12 bits per heavy atom. The fourth-order valence-corrected chi connectivity index (χ4v) is 3.39. The lowest BCUT2D eigenvalue weighted by atomic mass is 10.4. The first-order valence-electron chi connectivity index (χ1n) is 10.9. The number of urea groups is 1. The molecule has 0 aliphatic carbocycles. The smallest absolute Gasteiger partial charge is 0.320 e. The van der Waals surface area contributed by atoms with Crippen LogP contribution in [0.5, 0.6) is 0 Å². The maximum absolute atomic E-state index is 12.7. The van der Waals surface area contributed by atoms with Gasteiger partial charge in [-0.25, -0.2) is 4.79 Å². The highest BCUT2D eigenvalue weighted by Crippen LogP contribution is 2.09. The van der Waals surface area contributed by atoms with Gasteiger partial charge in [0.15, 0.2) is 0 Å². The number of carbonyl (C=O) groups is 1. The summed E-state index contributed by atoms with van der Waals surface area (Å²) in [4.78, 5) is 21.8. The fraction of sp³-hybridized carbons (Fsp3) is 0.714. The van der Waals surface area contributed by atoms with E-state index in [0.29, 0.717) is 65.4 Å². The third-order valence-electron chi connectivity index (χ3n) is 5.27. The Kier molecular flexibility index (Phi) is 14.3. The minimum Gasteiger partial charge on any atom is -0.322 e. The molecule has 2 amide bonds. The number of hydrogen-bond acceptors (Lipinski definition) is 10. The second-order valence-corrected chi connectivity index (χ2v) is 7.49. The Hall–Kier alpha value is -3.44. The van der Waals surface area contributed by atoms with Crippen molar-refractivity contribution >= 4 is 6.03 Å². The van der Waals surface area contributed by atoms with Gasteiger partial charge in [-0.1, -0.05) is 0 Å². The van der Waals surface area contributed by atoms with E-state index in [9.17, 15) is 4.79 Å². The van der Waals surface area contributed by atoms with Gasteiger partial charge in [-0.15, -0.1) is 0 Å². The first-order valence-corrected chi connectivity index (χ1v) is 10.9. The monoisotopic (exact) mass is 453 g/mol. The van der Waals surface area contributed by atoms with E-state index in [-0.39, 0.29) is 38.8 Å². The average molecular weight is 454 g/mol. The maximum Gasteiger partial charge on any atom is 0.320 e. The van der Waals surface area contributed by atoms with Crippen molar-refractivity contribution in [2.24, 2.45) is 0 Å². The van der Waals surface area contributed by atoms with Crippen LogP contribution in [-0.4, -0.2) is 129 Å². The number of carbonyl (C=O) groups excluding carboxylic acids is 1. The Morgan fingerprint density at radius 1 is 0.667 bits per heavy atom. The van der Waals surface area contributed by atoms with Gasteiger partial charge in [0.1, 0.15) is 0 Å². The molecule has 1 aliphatic heterocycles. The summed E-state index contributed by atoms with van der Waals surface area (Å²) in [5.74, 6) is 0. The number of nitriles is 5. The number of nitrogens with zero attached hydrogens (tertiary/aromatic N) is 10. The standard InChI is InChI=1S/C21H31N11O/c22-1-6-27-7-12-29(10-4-25)15-17-31-19-20-32(21(31)33)18-16-30(11-5-26)14-13-28(8-2-23)9-3-24/h27H,6-20H2. The zero-order valence-electron chi connectivity index (χ0n) is 19.0. The lowest BCUT2D eigenvalue weighted by molar-refractivity contribution is 0.176. The first-order chi connectivity index (χ1) is 16.1. The van der Waals surface area contributed by atoms with Gasteiger partial charge in [0.05, 0.1) is 63.1 Å². The predicted octanol–water partition coefficient (Wildman–Crippen LogP) is -1.16. The first kappa shape index (κ1) is 27.6. The van der Waals surface area contributed by atoms with Crippen molar-refractivity contribution in [3.05, 3.63) is 0 Å². The Morgan fingerprint density at radius 3 is 1.61 bits per heavy atom. The van der Waals surface area contributed by atoms with Crippen molar-refractivity contribution in [1.29, 1.82) is 26.3 Å². The van der Waals surface area contributed by atoms with E-state index in [0.717, 1.165) is 0 Å². The highest BCUT2D eigenvalue weighted by atomic mass is 16.2. The molecule has 0 atom stereocenters. The van der Waals surface area contributed by atoms with Crippen LogP contribution in [-0.2, 0) is 0 Å². The van der Waals surface area contributed by atoms with Gasteiger partial charge in [-0.3, -0.25) is 14.7 Å². The quantitative estimate of drug-likeness (QED) is 0.210. The van der Waals surface area contributed by atoms with E-state index < -0.39 is 0 Å². The van der Waals surface area contributed by atoms with Gasteiger partial charge >= 0.3 is 6.03 Å². The van der Waals surface area contributed by atoms with E-state index in [2.05, 4.69) is 17.5 Å². The van der Waals surface area contributed by atoms with Crippen molar-refractivity contribution in [2.75, 3.05) is 98.2 Å². The Bertz CT molecular complexity index is 781. The molecule has 1 fully saturated rings. The van der Waals surface area contributed by atoms with Crippen LogP contribution in [0.2, 0.25) is 0 Å².